The molecule has 1 fully saturated rings. The lowest BCUT2D eigenvalue weighted by molar-refractivity contribution is -0.149. The maximum absolute atomic E-state index is 13.1. The molecule has 6 nitrogen and oxygen atoms in total. The number of piperidine rings is 1. The van der Waals surface area contributed by atoms with Crippen LogP contribution in [-0.2, 0) is 9.53 Å². The molecule has 0 aliphatic carbocycles. The molecule has 0 saturated carbocycles. The standard InChI is InChI=1S/C19H22N2O4/c1-3-24-19(23)15-10-7-11-21(12-15)18(22)16-13(2)25-20-17(16)14-8-5-4-6-9-14/h4-6,8-9,15H,3,7,10-12H2,1-2H3. The highest BCUT2D eigenvalue weighted by molar-refractivity contribution is 6.01. The SMILES string of the molecule is CCOC(=O)C1CCCN(C(=O)c2c(-c3ccccc3)noc2C)C1. The van der Waals surface area contributed by atoms with E-state index in [1.807, 2.05) is 30.3 Å². The maximum Gasteiger partial charge on any atom is 0.310 e. The zero-order chi connectivity index (χ0) is 17.8. The average Bonchev–Trinajstić information content (AvgIpc) is 3.03. The van der Waals surface area contributed by atoms with E-state index in [1.165, 1.54) is 0 Å². The maximum atomic E-state index is 13.1. The quantitative estimate of drug-likeness (QED) is 0.799. The Morgan fingerprint density at radius 3 is 2.80 bits per heavy atom. The molecule has 3 rings (SSSR count). The third-order valence-electron chi connectivity index (χ3n) is 4.45. The Hall–Kier alpha value is -2.63. The van der Waals surface area contributed by atoms with Gasteiger partial charge in [-0.1, -0.05) is 35.5 Å². The number of aromatic nitrogens is 1. The molecule has 0 bridgehead atoms. The summed E-state index contributed by atoms with van der Waals surface area (Å²) in [5.41, 5.74) is 1.85. The van der Waals surface area contributed by atoms with Crippen molar-refractivity contribution in [3.8, 4) is 11.3 Å². The fourth-order valence-electron chi connectivity index (χ4n) is 3.19. The Labute approximate surface area is 146 Å². The number of amides is 1. The fraction of sp³-hybridized carbons (Fsp3) is 0.421. The summed E-state index contributed by atoms with van der Waals surface area (Å²) in [5.74, 6) is -0.156. The second-order valence-electron chi connectivity index (χ2n) is 6.17. The monoisotopic (exact) mass is 342 g/mol. The highest BCUT2D eigenvalue weighted by Crippen LogP contribution is 2.28. The zero-order valence-electron chi connectivity index (χ0n) is 14.5. The minimum atomic E-state index is -0.266. The molecule has 1 saturated heterocycles. The number of aryl methyl sites for hydroxylation is 1. The van der Waals surface area contributed by atoms with Crippen LogP contribution >= 0.6 is 0 Å². The van der Waals surface area contributed by atoms with Gasteiger partial charge in [-0.05, 0) is 26.7 Å². The molecule has 6 heteroatoms. The molecule has 0 radical (unpaired) electrons. The number of nitrogens with zero attached hydrogens (tertiary/aromatic N) is 2. The van der Waals surface area contributed by atoms with E-state index in [4.69, 9.17) is 9.26 Å². The van der Waals surface area contributed by atoms with E-state index in [0.29, 0.717) is 36.7 Å². The molecule has 0 spiro atoms. The normalized spacial score (nSPS) is 17.4. The van der Waals surface area contributed by atoms with E-state index in [2.05, 4.69) is 5.16 Å². The number of rotatable bonds is 4. The van der Waals surface area contributed by atoms with Crippen LogP contribution in [0.5, 0.6) is 0 Å². The van der Waals surface area contributed by atoms with Gasteiger partial charge in [-0.25, -0.2) is 0 Å². The zero-order valence-corrected chi connectivity index (χ0v) is 14.5. The number of carbonyl (C=O) groups excluding carboxylic acids is 2. The first-order valence-corrected chi connectivity index (χ1v) is 8.59. The van der Waals surface area contributed by atoms with E-state index < -0.39 is 0 Å². The predicted octanol–water partition coefficient (Wildman–Crippen LogP) is 3.07. The van der Waals surface area contributed by atoms with Crippen molar-refractivity contribution in [3.63, 3.8) is 0 Å². The van der Waals surface area contributed by atoms with Crippen molar-refractivity contribution in [2.24, 2.45) is 5.92 Å². The van der Waals surface area contributed by atoms with E-state index >= 15 is 0 Å². The highest BCUT2D eigenvalue weighted by atomic mass is 16.5. The molecular weight excluding hydrogens is 320 g/mol. The molecule has 1 aliphatic rings. The molecule has 1 aromatic heterocycles. The first kappa shape index (κ1) is 17.2. The van der Waals surface area contributed by atoms with Crippen LogP contribution < -0.4 is 0 Å². The summed E-state index contributed by atoms with van der Waals surface area (Å²) in [5, 5.41) is 4.07. The molecule has 132 valence electrons. The minimum absolute atomic E-state index is 0.147. The Bertz CT molecular complexity index is 754. The Kier molecular flexibility index (Phi) is 5.16. The Morgan fingerprint density at radius 2 is 2.08 bits per heavy atom. The van der Waals surface area contributed by atoms with E-state index in [9.17, 15) is 9.59 Å². The van der Waals surface area contributed by atoms with Crippen LogP contribution in [-0.4, -0.2) is 41.6 Å². The summed E-state index contributed by atoms with van der Waals surface area (Å²) < 4.78 is 10.4. The van der Waals surface area contributed by atoms with Crippen molar-refractivity contribution in [2.75, 3.05) is 19.7 Å². The molecule has 1 amide bonds. The van der Waals surface area contributed by atoms with E-state index in [1.54, 1.807) is 18.7 Å². The third kappa shape index (κ3) is 3.57. The Balaban J connectivity index is 1.84. The van der Waals surface area contributed by atoms with Crippen LogP contribution in [0.3, 0.4) is 0 Å². The van der Waals surface area contributed by atoms with Crippen LogP contribution in [0.1, 0.15) is 35.9 Å². The van der Waals surface area contributed by atoms with Crippen LogP contribution in [0.4, 0.5) is 0 Å². The van der Waals surface area contributed by atoms with Crippen LogP contribution in [0, 0.1) is 12.8 Å². The molecular formula is C19H22N2O4. The summed E-state index contributed by atoms with van der Waals surface area (Å²) in [6.45, 7) is 4.87. The Morgan fingerprint density at radius 1 is 1.32 bits per heavy atom. The van der Waals surface area contributed by atoms with E-state index in [0.717, 1.165) is 18.4 Å². The van der Waals surface area contributed by atoms with Crippen LogP contribution in [0.25, 0.3) is 11.3 Å². The van der Waals surface area contributed by atoms with Crippen molar-refractivity contribution in [1.82, 2.24) is 10.1 Å². The summed E-state index contributed by atoms with van der Waals surface area (Å²) in [4.78, 5) is 26.8. The smallest absolute Gasteiger partial charge is 0.310 e. The molecule has 25 heavy (non-hydrogen) atoms. The van der Waals surface area contributed by atoms with Gasteiger partial charge in [0.05, 0.1) is 12.5 Å². The van der Waals surface area contributed by atoms with Gasteiger partial charge in [0.25, 0.3) is 5.91 Å². The van der Waals surface area contributed by atoms with Crippen molar-refractivity contribution in [1.29, 1.82) is 0 Å². The van der Waals surface area contributed by atoms with Gasteiger partial charge in [0.15, 0.2) is 0 Å². The van der Waals surface area contributed by atoms with E-state index in [-0.39, 0.29) is 17.8 Å². The van der Waals surface area contributed by atoms with Gasteiger partial charge in [-0.2, -0.15) is 0 Å². The van der Waals surface area contributed by atoms with Gasteiger partial charge in [0.2, 0.25) is 0 Å². The third-order valence-corrected chi connectivity index (χ3v) is 4.45. The molecule has 2 aromatic rings. The summed E-state index contributed by atoms with van der Waals surface area (Å²) >= 11 is 0. The number of ether oxygens (including phenoxy) is 1. The summed E-state index contributed by atoms with van der Waals surface area (Å²) in [7, 11) is 0. The molecule has 1 atom stereocenters. The highest BCUT2D eigenvalue weighted by Gasteiger charge is 2.32. The van der Waals surface area contributed by atoms with Crippen molar-refractivity contribution >= 4 is 11.9 Å². The predicted molar refractivity (Wildman–Crippen MR) is 91.9 cm³/mol. The average molecular weight is 342 g/mol. The minimum Gasteiger partial charge on any atom is -0.466 e. The van der Waals surface area contributed by atoms with Gasteiger partial charge in [-0.3, -0.25) is 9.59 Å². The van der Waals surface area contributed by atoms with Gasteiger partial charge in [-0.15, -0.1) is 0 Å². The van der Waals surface area contributed by atoms with Crippen LogP contribution in [0.2, 0.25) is 0 Å². The number of benzene rings is 1. The molecule has 2 heterocycles. The summed E-state index contributed by atoms with van der Waals surface area (Å²) in [6.07, 6.45) is 1.52. The molecule has 0 N–H and O–H groups in total. The van der Waals surface area contributed by atoms with Gasteiger partial charge in [0, 0.05) is 18.7 Å². The molecule has 1 aromatic carbocycles. The first-order chi connectivity index (χ1) is 12.1. The number of hydrogen-bond acceptors (Lipinski definition) is 5. The van der Waals surface area contributed by atoms with Gasteiger partial charge < -0.3 is 14.2 Å². The lowest BCUT2D eigenvalue weighted by atomic mass is 9.96. The first-order valence-electron chi connectivity index (χ1n) is 8.59. The second kappa shape index (κ2) is 7.51. The van der Waals surface area contributed by atoms with Gasteiger partial charge >= 0.3 is 5.97 Å². The fourth-order valence-corrected chi connectivity index (χ4v) is 3.19. The molecule has 1 aliphatic heterocycles. The second-order valence-corrected chi connectivity index (χ2v) is 6.17. The largest absolute Gasteiger partial charge is 0.466 e. The van der Waals surface area contributed by atoms with Crippen molar-refractivity contribution < 1.29 is 18.8 Å². The lowest BCUT2D eigenvalue weighted by Crippen LogP contribution is -2.43. The van der Waals surface area contributed by atoms with Crippen molar-refractivity contribution in [2.45, 2.75) is 26.7 Å². The number of carbonyl (C=O) groups is 2. The van der Waals surface area contributed by atoms with Gasteiger partial charge in [0.1, 0.15) is 17.0 Å². The number of esters is 1. The molecule has 1 unspecified atom stereocenters. The number of likely N-dealkylation sites (tertiary alicyclic amines) is 1. The lowest BCUT2D eigenvalue weighted by Gasteiger charge is -2.31. The topological polar surface area (TPSA) is 72.6 Å². The number of hydrogen-bond donors (Lipinski definition) is 0. The van der Waals surface area contributed by atoms with Crippen LogP contribution in [0.15, 0.2) is 34.9 Å². The summed E-state index contributed by atoms with van der Waals surface area (Å²) in [6, 6.07) is 9.49. The van der Waals surface area contributed by atoms with Crippen molar-refractivity contribution in [3.05, 3.63) is 41.7 Å².